The summed E-state index contributed by atoms with van der Waals surface area (Å²) in [6, 6.07) is 15.2. The van der Waals surface area contributed by atoms with Crippen LogP contribution in [-0.4, -0.2) is 37.3 Å². The molecule has 1 N–H and O–H groups in total. The van der Waals surface area contributed by atoms with Crippen molar-refractivity contribution < 1.29 is 9.53 Å². The van der Waals surface area contributed by atoms with Gasteiger partial charge in [-0.05, 0) is 31.2 Å². The number of nitrogens with zero attached hydrogens (tertiary/aromatic N) is 6. The SMILES string of the molecule is COc1cc(Nc2nc3n(n2)CCC(=O)N3c2ccccc2)ccc1-n1cnc(C)c1. The predicted molar refractivity (Wildman–Crippen MR) is 116 cm³/mol. The number of carbonyl (C=O) groups is 1. The third-order valence-corrected chi connectivity index (χ3v) is 5.08. The van der Waals surface area contributed by atoms with Gasteiger partial charge in [-0.2, -0.15) is 4.98 Å². The molecular weight excluding hydrogens is 394 g/mol. The van der Waals surface area contributed by atoms with Crippen LogP contribution in [0.1, 0.15) is 12.1 Å². The molecule has 9 heteroatoms. The minimum atomic E-state index is -0.000650. The maximum Gasteiger partial charge on any atom is 0.248 e. The third-order valence-electron chi connectivity index (χ3n) is 5.08. The zero-order chi connectivity index (χ0) is 21.4. The van der Waals surface area contributed by atoms with Crippen LogP contribution >= 0.6 is 0 Å². The van der Waals surface area contributed by atoms with Crippen LogP contribution in [0.25, 0.3) is 5.69 Å². The molecule has 0 saturated carbocycles. The van der Waals surface area contributed by atoms with Crippen LogP contribution in [0.15, 0.2) is 61.1 Å². The monoisotopic (exact) mass is 415 g/mol. The Bertz CT molecular complexity index is 1250. The number of aromatic nitrogens is 5. The Labute approximate surface area is 178 Å². The van der Waals surface area contributed by atoms with Crippen molar-refractivity contribution in [2.75, 3.05) is 17.3 Å². The summed E-state index contributed by atoms with van der Waals surface area (Å²) in [5.74, 6) is 1.60. The molecule has 156 valence electrons. The van der Waals surface area contributed by atoms with Crippen molar-refractivity contribution in [2.45, 2.75) is 19.9 Å². The van der Waals surface area contributed by atoms with Crippen LogP contribution in [0, 0.1) is 6.92 Å². The Morgan fingerprint density at radius 2 is 1.97 bits per heavy atom. The first kappa shape index (κ1) is 18.9. The minimum absolute atomic E-state index is 0.000650. The van der Waals surface area contributed by atoms with Gasteiger partial charge in [-0.1, -0.05) is 18.2 Å². The van der Waals surface area contributed by atoms with Gasteiger partial charge in [-0.15, -0.1) is 5.10 Å². The molecule has 0 unspecified atom stereocenters. The second-order valence-corrected chi connectivity index (χ2v) is 7.21. The summed E-state index contributed by atoms with van der Waals surface area (Å²) in [5.41, 5.74) is 3.35. The molecule has 5 rings (SSSR count). The summed E-state index contributed by atoms with van der Waals surface area (Å²) in [6.07, 6.45) is 4.06. The fourth-order valence-electron chi connectivity index (χ4n) is 3.61. The zero-order valence-electron chi connectivity index (χ0n) is 17.2. The molecule has 0 bridgehead atoms. The van der Waals surface area contributed by atoms with Crippen molar-refractivity contribution in [2.24, 2.45) is 0 Å². The van der Waals surface area contributed by atoms with Crippen LogP contribution < -0.4 is 15.0 Å². The number of anilines is 4. The number of fused-ring (bicyclic) bond motifs is 1. The summed E-state index contributed by atoms with van der Waals surface area (Å²) >= 11 is 0. The number of rotatable bonds is 5. The molecular formula is C22H21N7O2. The van der Waals surface area contributed by atoms with E-state index in [9.17, 15) is 4.79 Å². The topological polar surface area (TPSA) is 90.1 Å². The lowest BCUT2D eigenvalue weighted by atomic mass is 10.2. The zero-order valence-corrected chi connectivity index (χ0v) is 17.2. The highest BCUT2D eigenvalue weighted by Crippen LogP contribution is 2.31. The lowest BCUT2D eigenvalue weighted by Crippen LogP contribution is -2.34. The molecule has 0 spiro atoms. The molecule has 2 aromatic heterocycles. The van der Waals surface area contributed by atoms with Gasteiger partial charge < -0.3 is 14.6 Å². The summed E-state index contributed by atoms with van der Waals surface area (Å²) in [4.78, 5) is 23.0. The van der Waals surface area contributed by atoms with Gasteiger partial charge in [0.2, 0.25) is 17.8 Å². The van der Waals surface area contributed by atoms with Crippen LogP contribution in [0.2, 0.25) is 0 Å². The molecule has 1 aliphatic rings. The minimum Gasteiger partial charge on any atom is -0.494 e. The first-order chi connectivity index (χ1) is 15.1. The van der Waals surface area contributed by atoms with E-state index in [1.54, 1.807) is 23.0 Å². The molecule has 1 amide bonds. The second-order valence-electron chi connectivity index (χ2n) is 7.21. The number of ether oxygens (including phenoxy) is 1. The maximum atomic E-state index is 12.6. The molecule has 3 heterocycles. The van der Waals surface area contributed by atoms with E-state index in [-0.39, 0.29) is 5.91 Å². The smallest absolute Gasteiger partial charge is 0.248 e. The molecule has 31 heavy (non-hydrogen) atoms. The van der Waals surface area contributed by atoms with E-state index in [1.807, 2.05) is 66.2 Å². The van der Waals surface area contributed by atoms with Crippen LogP contribution in [0.4, 0.5) is 23.3 Å². The Hall–Kier alpha value is -4.14. The molecule has 0 saturated heterocycles. The molecule has 1 aliphatic heterocycles. The van der Waals surface area contributed by atoms with Gasteiger partial charge in [0, 0.05) is 24.4 Å². The quantitative estimate of drug-likeness (QED) is 0.536. The lowest BCUT2D eigenvalue weighted by Gasteiger charge is -2.25. The van der Waals surface area contributed by atoms with E-state index in [0.717, 1.165) is 22.8 Å². The van der Waals surface area contributed by atoms with Gasteiger partial charge >= 0.3 is 0 Å². The highest BCUT2D eigenvalue weighted by Gasteiger charge is 2.29. The summed E-state index contributed by atoms with van der Waals surface area (Å²) in [6.45, 7) is 2.43. The summed E-state index contributed by atoms with van der Waals surface area (Å²) in [7, 11) is 1.63. The first-order valence-electron chi connectivity index (χ1n) is 9.91. The number of methoxy groups -OCH3 is 1. The molecule has 0 radical (unpaired) electrons. The van der Waals surface area contributed by atoms with Gasteiger partial charge in [0.15, 0.2) is 0 Å². The second kappa shape index (κ2) is 7.60. The van der Waals surface area contributed by atoms with Crippen LogP contribution in [0.5, 0.6) is 5.75 Å². The number of para-hydroxylation sites is 1. The molecule has 0 atom stereocenters. The van der Waals surface area contributed by atoms with E-state index >= 15 is 0 Å². The van der Waals surface area contributed by atoms with Crippen molar-refractivity contribution in [3.63, 3.8) is 0 Å². The van der Waals surface area contributed by atoms with Crippen molar-refractivity contribution >= 4 is 29.2 Å². The number of benzene rings is 2. The Morgan fingerprint density at radius 3 is 2.71 bits per heavy atom. The van der Waals surface area contributed by atoms with Crippen LogP contribution in [-0.2, 0) is 11.3 Å². The fourth-order valence-corrected chi connectivity index (χ4v) is 3.61. The van der Waals surface area contributed by atoms with Crippen molar-refractivity contribution in [3.8, 4) is 11.4 Å². The van der Waals surface area contributed by atoms with E-state index < -0.39 is 0 Å². The Kier molecular flexibility index (Phi) is 4.62. The molecule has 2 aromatic carbocycles. The largest absolute Gasteiger partial charge is 0.494 e. The highest BCUT2D eigenvalue weighted by molar-refractivity contribution is 6.00. The highest BCUT2D eigenvalue weighted by atomic mass is 16.5. The molecule has 0 fully saturated rings. The fraction of sp³-hybridized carbons (Fsp3) is 0.182. The summed E-state index contributed by atoms with van der Waals surface area (Å²) < 4.78 is 9.23. The average Bonchev–Trinajstić information content (AvgIpc) is 3.40. The van der Waals surface area contributed by atoms with E-state index in [1.165, 1.54) is 0 Å². The van der Waals surface area contributed by atoms with E-state index in [2.05, 4.69) is 20.4 Å². The molecule has 0 aliphatic carbocycles. The Morgan fingerprint density at radius 1 is 1.13 bits per heavy atom. The first-order valence-corrected chi connectivity index (χ1v) is 9.91. The number of hydrogen-bond acceptors (Lipinski definition) is 6. The van der Waals surface area contributed by atoms with Crippen molar-refractivity contribution in [1.29, 1.82) is 0 Å². The van der Waals surface area contributed by atoms with Gasteiger partial charge in [0.25, 0.3) is 0 Å². The number of carbonyl (C=O) groups excluding carboxylic acids is 1. The lowest BCUT2D eigenvalue weighted by molar-refractivity contribution is -0.118. The van der Waals surface area contributed by atoms with Gasteiger partial charge in [-0.25, -0.2) is 14.6 Å². The number of aryl methyl sites for hydroxylation is 2. The van der Waals surface area contributed by atoms with Crippen LogP contribution in [0.3, 0.4) is 0 Å². The molecule has 9 nitrogen and oxygen atoms in total. The average molecular weight is 415 g/mol. The summed E-state index contributed by atoms with van der Waals surface area (Å²) in [5, 5.41) is 7.76. The number of nitrogens with one attached hydrogen (secondary N) is 1. The number of hydrogen-bond donors (Lipinski definition) is 1. The van der Waals surface area contributed by atoms with E-state index in [0.29, 0.717) is 30.6 Å². The third kappa shape index (κ3) is 3.50. The van der Waals surface area contributed by atoms with Gasteiger partial charge in [-0.3, -0.25) is 4.79 Å². The van der Waals surface area contributed by atoms with Crippen molar-refractivity contribution in [1.82, 2.24) is 24.3 Å². The molecule has 4 aromatic rings. The number of amides is 1. The van der Waals surface area contributed by atoms with Gasteiger partial charge in [0.1, 0.15) is 5.75 Å². The van der Waals surface area contributed by atoms with E-state index in [4.69, 9.17) is 4.74 Å². The van der Waals surface area contributed by atoms with Gasteiger partial charge in [0.05, 0.1) is 37.1 Å². The maximum absolute atomic E-state index is 12.6. The normalized spacial score (nSPS) is 13.2. The standard InChI is InChI=1S/C22H21N7O2/c1-15-13-27(14-23-15)18-9-8-16(12-19(18)31-2)24-21-25-22-28(26-21)11-10-20(30)29(22)17-6-4-3-5-7-17/h3-9,12-14H,10-11H2,1-2H3,(H,24,26). The Balaban J connectivity index is 1.45. The van der Waals surface area contributed by atoms with Crippen molar-refractivity contribution in [3.05, 3.63) is 66.7 Å². The predicted octanol–water partition coefficient (Wildman–Crippen LogP) is 3.59. The number of imidazole rings is 1.